The van der Waals surface area contributed by atoms with Crippen molar-refractivity contribution < 1.29 is 9.50 Å². The maximum Gasteiger partial charge on any atom is 0.127 e. The molecule has 3 heteroatoms. The number of aryl methyl sites for hydroxylation is 2. The summed E-state index contributed by atoms with van der Waals surface area (Å²) < 4.78 is 13.5. The van der Waals surface area contributed by atoms with Crippen molar-refractivity contribution in [2.75, 3.05) is 0 Å². The van der Waals surface area contributed by atoms with Gasteiger partial charge in [0.15, 0.2) is 0 Å². The van der Waals surface area contributed by atoms with Crippen molar-refractivity contribution in [1.29, 1.82) is 0 Å². The predicted octanol–water partition coefficient (Wildman–Crippen LogP) is 4.94. The molecule has 0 amide bonds. The van der Waals surface area contributed by atoms with E-state index in [4.69, 9.17) is 11.6 Å². The summed E-state index contributed by atoms with van der Waals surface area (Å²) >= 11 is 6.14. The molecule has 2 unspecified atom stereocenters. The smallest absolute Gasteiger partial charge is 0.127 e. The largest absolute Gasteiger partial charge is 0.388 e. The molecule has 0 bridgehead atoms. The van der Waals surface area contributed by atoms with Crippen molar-refractivity contribution in [3.05, 3.63) is 69.5 Å². The van der Waals surface area contributed by atoms with Gasteiger partial charge in [0.05, 0.1) is 6.10 Å². The van der Waals surface area contributed by atoms with E-state index in [2.05, 4.69) is 12.1 Å². The van der Waals surface area contributed by atoms with E-state index in [1.165, 1.54) is 17.2 Å². The van der Waals surface area contributed by atoms with Gasteiger partial charge in [0.25, 0.3) is 0 Å². The molecule has 1 N–H and O–H groups in total. The van der Waals surface area contributed by atoms with Crippen LogP contribution < -0.4 is 0 Å². The van der Waals surface area contributed by atoms with Gasteiger partial charge in [-0.2, -0.15) is 0 Å². The summed E-state index contributed by atoms with van der Waals surface area (Å²) in [5, 5.41) is 11.1. The predicted molar refractivity (Wildman–Crippen MR) is 83.2 cm³/mol. The summed E-state index contributed by atoms with van der Waals surface area (Å²) in [5.74, 6) is -0.308. The molecule has 3 rings (SSSR count). The fraction of sp³-hybridized carbons (Fsp3) is 0.333. The molecule has 0 spiro atoms. The topological polar surface area (TPSA) is 20.2 Å². The number of benzene rings is 2. The molecule has 0 aliphatic heterocycles. The van der Waals surface area contributed by atoms with Crippen LogP contribution in [0.2, 0.25) is 5.02 Å². The van der Waals surface area contributed by atoms with E-state index in [0.717, 1.165) is 19.3 Å². The van der Waals surface area contributed by atoms with Crippen LogP contribution in [-0.2, 0) is 6.42 Å². The van der Waals surface area contributed by atoms with Crippen molar-refractivity contribution in [3.63, 3.8) is 0 Å². The summed E-state index contributed by atoms with van der Waals surface area (Å²) in [7, 11) is 0. The molecule has 1 aliphatic carbocycles. The van der Waals surface area contributed by atoms with Gasteiger partial charge < -0.3 is 5.11 Å². The highest BCUT2D eigenvalue weighted by atomic mass is 35.5. The Hall–Kier alpha value is -1.38. The summed E-state index contributed by atoms with van der Waals surface area (Å²) in [5.41, 5.74) is 3.62. The number of fused-ring (bicyclic) bond motifs is 1. The molecule has 0 aromatic heterocycles. The lowest BCUT2D eigenvalue weighted by Gasteiger charge is -2.30. The highest BCUT2D eigenvalue weighted by Gasteiger charge is 2.29. The number of aliphatic hydroxyl groups excluding tert-OH is 1. The van der Waals surface area contributed by atoms with Crippen molar-refractivity contribution in [2.45, 2.75) is 38.2 Å². The molecule has 0 fully saturated rings. The minimum atomic E-state index is -0.696. The first-order chi connectivity index (χ1) is 10.1. The Morgan fingerprint density at radius 2 is 2.05 bits per heavy atom. The molecule has 0 saturated heterocycles. The Morgan fingerprint density at radius 3 is 2.86 bits per heavy atom. The zero-order valence-electron chi connectivity index (χ0n) is 11.9. The van der Waals surface area contributed by atoms with Crippen LogP contribution in [0, 0.1) is 12.7 Å². The molecule has 0 saturated carbocycles. The summed E-state index contributed by atoms with van der Waals surface area (Å²) in [6.45, 7) is 1.69. The number of hydrogen-bond donors (Lipinski definition) is 1. The van der Waals surface area contributed by atoms with Crippen LogP contribution in [0.1, 0.15) is 47.1 Å². The number of hydrogen-bond acceptors (Lipinski definition) is 1. The van der Waals surface area contributed by atoms with E-state index in [1.807, 2.05) is 12.1 Å². The highest BCUT2D eigenvalue weighted by molar-refractivity contribution is 6.31. The molecule has 110 valence electrons. The van der Waals surface area contributed by atoms with Gasteiger partial charge in [0.1, 0.15) is 5.82 Å². The molecule has 1 aliphatic rings. The van der Waals surface area contributed by atoms with Gasteiger partial charge in [-0.15, -0.1) is 0 Å². The summed E-state index contributed by atoms with van der Waals surface area (Å²) in [6, 6.07) is 11.2. The Kier molecular flexibility index (Phi) is 4.01. The second-order valence-electron chi connectivity index (χ2n) is 5.77. The molecule has 2 aromatic rings. The summed E-state index contributed by atoms with van der Waals surface area (Å²) in [4.78, 5) is 0. The second kappa shape index (κ2) is 5.78. The lowest BCUT2D eigenvalue weighted by atomic mass is 9.78. The first-order valence-corrected chi connectivity index (χ1v) is 7.67. The van der Waals surface area contributed by atoms with E-state index in [9.17, 15) is 9.50 Å². The van der Waals surface area contributed by atoms with Crippen molar-refractivity contribution in [3.8, 4) is 0 Å². The van der Waals surface area contributed by atoms with Gasteiger partial charge in [-0.1, -0.05) is 35.9 Å². The average Bonchev–Trinajstić information content (AvgIpc) is 2.49. The second-order valence-corrected chi connectivity index (χ2v) is 6.17. The van der Waals surface area contributed by atoms with Crippen LogP contribution >= 0.6 is 11.6 Å². The average molecular weight is 305 g/mol. The van der Waals surface area contributed by atoms with E-state index >= 15 is 0 Å². The fourth-order valence-corrected chi connectivity index (χ4v) is 3.50. The zero-order chi connectivity index (χ0) is 15.0. The van der Waals surface area contributed by atoms with Gasteiger partial charge in [0.2, 0.25) is 0 Å². The normalized spacial score (nSPS) is 19.1. The molecule has 1 nitrogen and oxygen atoms in total. The van der Waals surface area contributed by atoms with Gasteiger partial charge in [-0.25, -0.2) is 4.39 Å². The molecule has 2 atom stereocenters. The van der Waals surface area contributed by atoms with Crippen LogP contribution in [0.3, 0.4) is 0 Å². The minimum Gasteiger partial charge on any atom is -0.388 e. The quantitative estimate of drug-likeness (QED) is 0.833. The molecule has 0 radical (unpaired) electrons. The Morgan fingerprint density at radius 1 is 1.29 bits per heavy atom. The van der Waals surface area contributed by atoms with Gasteiger partial charge in [-0.05, 0) is 55.0 Å². The molecular weight excluding hydrogens is 287 g/mol. The Balaban J connectivity index is 2.00. The molecule has 21 heavy (non-hydrogen) atoms. The fourth-order valence-electron chi connectivity index (χ4n) is 3.24. The monoisotopic (exact) mass is 304 g/mol. The maximum absolute atomic E-state index is 13.5. The van der Waals surface area contributed by atoms with E-state index in [0.29, 0.717) is 16.1 Å². The lowest BCUT2D eigenvalue weighted by molar-refractivity contribution is 0.136. The van der Waals surface area contributed by atoms with Crippen LogP contribution in [-0.4, -0.2) is 5.11 Å². The third-order valence-electron chi connectivity index (χ3n) is 4.39. The third kappa shape index (κ3) is 2.70. The molecule has 0 heterocycles. The van der Waals surface area contributed by atoms with E-state index in [1.54, 1.807) is 13.0 Å². The highest BCUT2D eigenvalue weighted by Crippen LogP contribution is 2.42. The van der Waals surface area contributed by atoms with Gasteiger partial charge in [-0.3, -0.25) is 0 Å². The number of halogens is 2. The number of rotatable bonds is 2. The van der Waals surface area contributed by atoms with Gasteiger partial charge >= 0.3 is 0 Å². The van der Waals surface area contributed by atoms with Crippen molar-refractivity contribution in [2.24, 2.45) is 0 Å². The first-order valence-electron chi connectivity index (χ1n) is 7.29. The lowest BCUT2D eigenvalue weighted by Crippen LogP contribution is -2.17. The Labute approximate surface area is 129 Å². The first kappa shape index (κ1) is 14.6. The van der Waals surface area contributed by atoms with Crippen LogP contribution in [0.15, 0.2) is 36.4 Å². The number of aliphatic hydroxyl groups is 1. The van der Waals surface area contributed by atoms with Crippen LogP contribution in [0.25, 0.3) is 0 Å². The summed E-state index contributed by atoms with van der Waals surface area (Å²) in [6.07, 6.45) is 2.33. The van der Waals surface area contributed by atoms with Crippen LogP contribution in [0.4, 0.5) is 4.39 Å². The van der Waals surface area contributed by atoms with Gasteiger partial charge in [0, 0.05) is 16.5 Å². The van der Waals surface area contributed by atoms with Crippen molar-refractivity contribution >= 4 is 11.6 Å². The van der Waals surface area contributed by atoms with E-state index in [-0.39, 0.29) is 11.7 Å². The van der Waals surface area contributed by atoms with E-state index < -0.39 is 6.10 Å². The third-order valence-corrected chi connectivity index (χ3v) is 4.72. The molecule has 2 aromatic carbocycles. The van der Waals surface area contributed by atoms with Crippen molar-refractivity contribution in [1.82, 2.24) is 0 Å². The van der Waals surface area contributed by atoms with Crippen LogP contribution in [0.5, 0.6) is 0 Å². The minimum absolute atomic E-state index is 0.0253. The SMILES string of the molecule is Cc1cc(C(O)C2CCCc3ccccc32)c(Cl)cc1F. The Bertz CT molecular complexity index is 668. The standard InChI is InChI=1S/C18H18ClFO/c1-11-9-15(16(19)10-17(11)20)18(21)14-8-4-6-12-5-2-3-7-13(12)14/h2-3,5,7,9-10,14,18,21H,4,6,8H2,1H3. The molecular formula is C18H18ClFO. The zero-order valence-corrected chi connectivity index (χ0v) is 12.7. The maximum atomic E-state index is 13.5.